The molecule has 0 spiro atoms. The molecule has 2 rings (SSSR count). The van der Waals surface area contributed by atoms with Gasteiger partial charge in [-0.05, 0) is 18.2 Å². The van der Waals surface area contributed by atoms with Crippen molar-refractivity contribution in [1.82, 2.24) is 0 Å². The molecule has 0 atom stereocenters. The van der Waals surface area contributed by atoms with Gasteiger partial charge < -0.3 is 14.2 Å². The Bertz CT molecular complexity index is 621. The SMILES string of the molecule is COC(COc1ccccc1/C=C/c1cccc[n+]1C)OC. The number of nitrogens with zero attached hydrogens (tertiary/aromatic N) is 1. The van der Waals surface area contributed by atoms with Crippen molar-refractivity contribution in [2.45, 2.75) is 6.29 Å². The van der Waals surface area contributed by atoms with Crippen molar-refractivity contribution in [3.63, 3.8) is 0 Å². The van der Waals surface area contributed by atoms with Crippen molar-refractivity contribution in [2.24, 2.45) is 7.05 Å². The van der Waals surface area contributed by atoms with Crippen LogP contribution in [0.1, 0.15) is 11.3 Å². The van der Waals surface area contributed by atoms with Gasteiger partial charge >= 0.3 is 0 Å². The Morgan fingerprint density at radius 3 is 2.45 bits per heavy atom. The molecule has 22 heavy (non-hydrogen) atoms. The van der Waals surface area contributed by atoms with Gasteiger partial charge in [-0.15, -0.1) is 0 Å². The summed E-state index contributed by atoms with van der Waals surface area (Å²) >= 11 is 0. The van der Waals surface area contributed by atoms with E-state index in [0.29, 0.717) is 6.61 Å². The molecule has 1 heterocycles. The molecule has 0 aliphatic carbocycles. The van der Waals surface area contributed by atoms with Crippen LogP contribution in [0.4, 0.5) is 0 Å². The molecule has 0 aliphatic heterocycles. The average Bonchev–Trinajstić information content (AvgIpc) is 2.56. The average molecular weight is 300 g/mol. The van der Waals surface area contributed by atoms with Crippen LogP contribution in [0.5, 0.6) is 5.75 Å². The number of aryl methyl sites for hydroxylation is 1. The highest BCUT2D eigenvalue weighted by molar-refractivity contribution is 5.70. The van der Waals surface area contributed by atoms with Crippen LogP contribution in [0.15, 0.2) is 48.7 Å². The number of methoxy groups -OCH3 is 2. The molecular weight excluding hydrogens is 278 g/mol. The van der Waals surface area contributed by atoms with E-state index in [1.807, 2.05) is 55.7 Å². The van der Waals surface area contributed by atoms with Crippen LogP contribution < -0.4 is 9.30 Å². The van der Waals surface area contributed by atoms with E-state index in [2.05, 4.69) is 16.7 Å². The zero-order valence-corrected chi connectivity index (χ0v) is 13.2. The van der Waals surface area contributed by atoms with Crippen molar-refractivity contribution < 1.29 is 18.8 Å². The monoisotopic (exact) mass is 300 g/mol. The maximum Gasteiger partial charge on any atom is 0.204 e. The van der Waals surface area contributed by atoms with Crippen LogP contribution in [0, 0.1) is 0 Å². The summed E-state index contributed by atoms with van der Waals surface area (Å²) in [5.41, 5.74) is 2.13. The standard InChI is InChI=1S/C18H22NO3/c1-19-13-7-6-9-16(19)12-11-15-8-4-5-10-17(15)22-14-18(20-2)21-3/h4-13,18H,14H2,1-3H3/q+1/b12-11+. The Morgan fingerprint density at radius 1 is 1.00 bits per heavy atom. The van der Waals surface area contributed by atoms with Gasteiger partial charge in [0.25, 0.3) is 0 Å². The lowest BCUT2D eigenvalue weighted by molar-refractivity contribution is -0.673. The predicted octanol–water partition coefficient (Wildman–Crippen LogP) is 2.68. The predicted molar refractivity (Wildman–Crippen MR) is 86.3 cm³/mol. The summed E-state index contributed by atoms with van der Waals surface area (Å²) in [6, 6.07) is 14.0. The fourth-order valence-corrected chi connectivity index (χ4v) is 2.02. The lowest BCUT2D eigenvalue weighted by atomic mass is 10.1. The Kier molecular flexibility index (Phi) is 6.13. The Labute approximate surface area is 131 Å². The first kappa shape index (κ1) is 16.2. The number of benzene rings is 1. The number of hydrogen-bond donors (Lipinski definition) is 0. The molecule has 0 saturated heterocycles. The summed E-state index contributed by atoms with van der Waals surface area (Å²) in [5.74, 6) is 0.802. The number of para-hydroxylation sites is 1. The third-order valence-electron chi connectivity index (χ3n) is 3.35. The lowest BCUT2D eigenvalue weighted by Gasteiger charge is -2.15. The maximum absolute atomic E-state index is 5.79. The first-order valence-corrected chi connectivity index (χ1v) is 7.14. The topological polar surface area (TPSA) is 31.6 Å². The van der Waals surface area contributed by atoms with Crippen molar-refractivity contribution in [3.8, 4) is 5.75 Å². The third-order valence-corrected chi connectivity index (χ3v) is 3.35. The molecule has 1 aromatic carbocycles. The quantitative estimate of drug-likeness (QED) is 0.582. The summed E-state index contributed by atoms with van der Waals surface area (Å²) in [7, 11) is 5.21. The second-order valence-corrected chi connectivity index (χ2v) is 4.82. The summed E-state index contributed by atoms with van der Waals surface area (Å²) < 4.78 is 18.1. The number of ether oxygens (including phenoxy) is 3. The zero-order valence-electron chi connectivity index (χ0n) is 13.2. The highest BCUT2D eigenvalue weighted by Crippen LogP contribution is 2.20. The smallest absolute Gasteiger partial charge is 0.204 e. The molecular formula is C18H22NO3+. The second-order valence-electron chi connectivity index (χ2n) is 4.82. The van der Waals surface area contributed by atoms with E-state index < -0.39 is 0 Å². The molecule has 0 saturated carbocycles. The lowest BCUT2D eigenvalue weighted by Crippen LogP contribution is -2.30. The van der Waals surface area contributed by atoms with E-state index in [1.165, 1.54) is 0 Å². The van der Waals surface area contributed by atoms with Crippen molar-refractivity contribution in [2.75, 3.05) is 20.8 Å². The molecule has 0 fully saturated rings. The number of aromatic nitrogens is 1. The summed E-state index contributed by atoms with van der Waals surface area (Å²) in [6.45, 7) is 0.344. The van der Waals surface area contributed by atoms with E-state index in [9.17, 15) is 0 Å². The van der Waals surface area contributed by atoms with Crippen LogP contribution in [-0.4, -0.2) is 27.1 Å². The minimum Gasteiger partial charge on any atom is -0.488 e. The highest BCUT2D eigenvalue weighted by atomic mass is 16.7. The molecule has 4 heteroatoms. The summed E-state index contributed by atoms with van der Waals surface area (Å²) in [5, 5.41) is 0. The van der Waals surface area contributed by atoms with Gasteiger partial charge in [0.05, 0.1) is 0 Å². The molecule has 0 amide bonds. The van der Waals surface area contributed by atoms with Gasteiger partial charge in [-0.3, -0.25) is 0 Å². The third kappa shape index (κ3) is 4.41. The van der Waals surface area contributed by atoms with Gasteiger partial charge in [-0.1, -0.05) is 18.2 Å². The van der Waals surface area contributed by atoms with Crippen molar-refractivity contribution in [1.29, 1.82) is 0 Å². The van der Waals surface area contributed by atoms with Crippen LogP contribution in [-0.2, 0) is 16.5 Å². The fraction of sp³-hybridized carbons (Fsp3) is 0.278. The van der Waals surface area contributed by atoms with Crippen molar-refractivity contribution in [3.05, 3.63) is 59.9 Å². The first-order chi connectivity index (χ1) is 10.7. The Balaban J connectivity index is 2.13. The normalized spacial score (nSPS) is 11.3. The Hall–Kier alpha value is -2.17. The van der Waals surface area contributed by atoms with E-state index >= 15 is 0 Å². The maximum atomic E-state index is 5.79. The molecule has 1 aromatic heterocycles. The van der Waals surface area contributed by atoms with Gasteiger partial charge in [0.2, 0.25) is 5.69 Å². The van der Waals surface area contributed by atoms with Crippen LogP contribution in [0.3, 0.4) is 0 Å². The van der Waals surface area contributed by atoms with Crippen LogP contribution in [0.25, 0.3) is 12.2 Å². The first-order valence-electron chi connectivity index (χ1n) is 7.14. The van der Waals surface area contributed by atoms with Gasteiger partial charge in [0, 0.05) is 38.0 Å². The largest absolute Gasteiger partial charge is 0.488 e. The molecule has 0 radical (unpaired) electrons. The molecule has 0 unspecified atom stereocenters. The molecule has 0 bridgehead atoms. The van der Waals surface area contributed by atoms with E-state index in [4.69, 9.17) is 14.2 Å². The molecule has 4 nitrogen and oxygen atoms in total. The molecule has 0 N–H and O–H groups in total. The molecule has 116 valence electrons. The van der Waals surface area contributed by atoms with Crippen LogP contribution in [0.2, 0.25) is 0 Å². The van der Waals surface area contributed by atoms with Gasteiger partial charge in [-0.2, -0.15) is 0 Å². The van der Waals surface area contributed by atoms with Gasteiger partial charge in [0.1, 0.15) is 19.4 Å². The van der Waals surface area contributed by atoms with Gasteiger partial charge in [-0.25, -0.2) is 4.57 Å². The van der Waals surface area contributed by atoms with Gasteiger partial charge in [0.15, 0.2) is 12.5 Å². The number of rotatable bonds is 7. The van der Waals surface area contributed by atoms with Crippen LogP contribution >= 0.6 is 0 Å². The minimum atomic E-state index is -0.371. The van der Waals surface area contributed by atoms with E-state index in [-0.39, 0.29) is 6.29 Å². The summed E-state index contributed by atoms with van der Waals surface area (Å²) in [4.78, 5) is 0. The molecule has 0 aliphatic rings. The second kappa shape index (κ2) is 8.32. The highest BCUT2D eigenvalue weighted by Gasteiger charge is 2.08. The minimum absolute atomic E-state index is 0.344. The van der Waals surface area contributed by atoms with E-state index in [1.54, 1.807) is 14.2 Å². The Morgan fingerprint density at radius 2 is 1.73 bits per heavy atom. The molecule has 2 aromatic rings. The fourth-order valence-electron chi connectivity index (χ4n) is 2.02. The van der Waals surface area contributed by atoms with Crippen molar-refractivity contribution >= 4 is 12.2 Å². The number of hydrogen-bond acceptors (Lipinski definition) is 3. The summed E-state index contributed by atoms with van der Waals surface area (Å²) in [6.07, 6.45) is 5.75. The zero-order chi connectivity index (χ0) is 15.8. The van der Waals surface area contributed by atoms with E-state index in [0.717, 1.165) is 17.0 Å². The number of pyridine rings is 1.